The van der Waals surface area contributed by atoms with Gasteiger partial charge >= 0.3 is 5.97 Å². The number of rotatable bonds is 4. The van der Waals surface area contributed by atoms with Crippen LogP contribution in [0.15, 0.2) is 55.0 Å². The second-order valence-corrected chi connectivity index (χ2v) is 6.35. The molecule has 0 aliphatic carbocycles. The molecule has 132 valence electrons. The number of esters is 1. The Morgan fingerprint density at radius 3 is 2.73 bits per heavy atom. The molecule has 0 saturated carbocycles. The van der Waals surface area contributed by atoms with Crippen molar-refractivity contribution < 1.29 is 9.53 Å². The molecule has 6 heteroatoms. The van der Waals surface area contributed by atoms with E-state index in [4.69, 9.17) is 4.74 Å². The molecule has 1 saturated heterocycles. The molecule has 0 radical (unpaired) electrons. The van der Waals surface area contributed by atoms with E-state index >= 15 is 0 Å². The van der Waals surface area contributed by atoms with E-state index in [1.165, 1.54) is 0 Å². The molecular formula is C20H20N4O2. The first-order valence-corrected chi connectivity index (χ1v) is 8.86. The molecule has 0 unspecified atom stereocenters. The summed E-state index contributed by atoms with van der Waals surface area (Å²) < 4.78 is 5.65. The molecule has 1 fully saturated rings. The van der Waals surface area contributed by atoms with Crippen LogP contribution in [0.25, 0.3) is 10.9 Å². The zero-order valence-corrected chi connectivity index (χ0v) is 14.4. The Morgan fingerprint density at radius 2 is 1.85 bits per heavy atom. The number of anilines is 1. The van der Waals surface area contributed by atoms with Gasteiger partial charge in [0.05, 0.1) is 5.52 Å². The third kappa shape index (κ3) is 3.35. The van der Waals surface area contributed by atoms with Gasteiger partial charge in [0.2, 0.25) is 5.95 Å². The quantitative estimate of drug-likeness (QED) is 0.675. The number of pyridine rings is 1. The molecule has 2 aromatic heterocycles. The van der Waals surface area contributed by atoms with Crippen molar-refractivity contribution in [1.82, 2.24) is 15.0 Å². The molecule has 26 heavy (non-hydrogen) atoms. The average Bonchev–Trinajstić information content (AvgIpc) is 2.72. The van der Waals surface area contributed by atoms with Crippen LogP contribution in [0.2, 0.25) is 0 Å². The fraction of sp³-hybridized carbons (Fsp3) is 0.300. The van der Waals surface area contributed by atoms with Gasteiger partial charge < -0.3 is 9.64 Å². The van der Waals surface area contributed by atoms with Gasteiger partial charge in [0.25, 0.3) is 0 Å². The standard InChI is InChI=1S/C20H20N4O2/c25-19(17-9-1-2-13-24(17)20-22-11-5-12-23-20)26-14-16-7-3-6-15-8-4-10-21-18(15)16/h3-8,10-12,17H,1-2,9,13-14H2/t17-/m1/s1. The number of nitrogens with zero attached hydrogens (tertiary/aromatic N) is 4. The monoisotopic (exact) mass is 348 g/mol. The van der Waals surface area contributed by atoms with Crippen molar-refractivity contribution in [3.63, 3.8) is 0 Å². The van der Waals surface area contributed by atoms with Gasteiger partial charge in [-0.1, -0.05) is 24.3 Å². The van der Waals surface area contributed by atoms with Crippen molar-refractivity contribution in [3.05, 3.63) is 60.6 Å². The largest absolute Gasteiger partial charge is 0.459 e. The fourth-order valence-electron chi connectivity index (χ4n) is 3.38. The Kier molecular flexibility index (Phi) is 4.73. The van der Waals surface area contributed by atoms with Crippen molar-refractivity contribution in [3.8, 4) is 0 Å². The van der Waals surface area contributed by atoms with Crippen LogP contribution in [0, 0.1) is 0 Å². The number of benzene rings is 1. The molecule has 0 amide bonds. The second-order valence-electron chi connectivity index (χ2n) is 6.35. The molecule has 3 heterocycles. The lowest BCUT2D eigenvalue weighted by molar-refractivity contribution is -0.147. The summed E-state index contributed by atoms with van der Waals surface area (Å²) in [5.74, 6) is 0.353. The number of para-hydroxylation sites is 1. The summed E-state index contributed by atoms with van der Waals surface area (Å²) in [4.78, 5) is 27.7. The number of hydrogen-bond donors (Lipinski definition) is 0. The molecule has 1 aliphatic heterocycles. The lowest BCUT2D eigenvalue weighted by atomic mass is 10.0. The number of fused-ring (bicyclic) bond motifs is 1. The number of ether oxygens (including phenoxy) is 1. The second kappa shape index (κ2) is 7.47. The minimum atomic E-state index is -0.339. The first kappa shape index (κ1) is 16.4. The van der Waals surface area contributed by atoms with E-state index < -0.39 is 0 Å². The fourth-order valence-corrected chi connectivity index (χ4v) is 3.38. The Balaban J connectivity index is 1.50. The first-order valence-electron chi connectivity index (χ1n) is 8.86. The number of hydrogen-bond acceptors (Lipinski definition) is 6. The lowest BCUT2D eigenvalue weighted by Crippen LogP contribution is -2.46. The van der Waals surface area contributed by atoms with E-state index in [9.17, 15) is 4.79 Å². The maximum atomic E-state index is 12.8. The van der Waals surface area contributed by atoms with Gasteiger partial charge in [0.1, 0.15) is 12.6 Å². The summed E-state index contributed by atoms with van der Waals surface area (Å²) in [6.45, 7) is 0.979. The van der Waals surface area contributed by atoms with Crippen LogP contribution in [-0.4, -0.2) is 33.5 Å². The highest BCUT2D eigenvalue weighted by atomic mass is 16.5. The summed E-state index contributed by atoms with van der Waals surface area (Å²) in [6.07, 6.45) is 7.92. The van der Waals surface area contributed by atoms with E-state index in [1.54, 1.807) is 24.7 Å². The number of carbonyl (C=O) groups excluding carboxylic acids is 1. The van der Waals surface area contributed by atoms with E-state index in [2.05, 4.69) is 15.0 Å². The van der Waals surface area contributed by atoms with Crippen molar-refractivity contribution in [2.45, 2.75) is 31.9 Å². The average molecular weight is 348 g/mol. The molecule has 6 nitrogen and oxygen atoms in total. The van der Waals surface area contributed by atoms with E-state index in [0.29, 0.717) is 5.95 Å². The Morgan fingerprint density at radius 1 is 1.04 bits per heavy atom. The summed E-state index contributed by atoms with van der Waals surface area (Å²) in [7, 11) is 0. The van der Waals surface area contributed by atoms with Crippen molar-refractivity contribution in [2.24, 2.45) is 0 Å². The van der Waals surface area contributed by atoms with Crippen molar-refractivity contribution in [2.75, 3.05) is 11.4 Å². The van der Waals surface area contributed by atoms with Crippen molar-refractivity contribution >= 4 is 22.8 Å². The topological polar surface area (TPSA) is 68.2 Å². The zero-order chi connectivity index (χ0) is 17.8. The van der Waals surface area contributed by atoms with Gasteiger partial charge in [-0.2, -0.15) is 0 Å². The molecular weight excluding hydrogens is 328 g/mol. The van der Waals surface area contributed by atoms with E-state index in [1.807, 2.05) is 35.2 Å². The Bertz CT molecular complexity index is 895. The number of aromatic nitrogens is 3. The predicted molar refractivity (Wildman–Crippen MR) is 98.6 cm³/mol. The van der Waals surface area contributed by atoms with Crippen LogP contribution in [0.5, 0.6) is 0 Å². The minimum Gasteiger partial charge on any atom is -0.459 e. The molecule has 1 aliphatic rings. The molecule has 1 atom stereocenters. The van der Waals surface area contributed by atoms with Gasteiger partial charge in [0, 0.05) is 36.1 Å². The highest BCUT2D eigenvalue weighted by Gasteiger charge is 2.31. The summed E-state index contributed by atoms with van der Waals surface area (Å²) >= 11 is 0. The third-order valence-corrected chi connectivity index (χ3v) is 4.67. The molecule has 3 aromatic rings. The molecule has 1 aromatic carbocycles. The van der Waals surface area contributed by atoms with Gasteiger partial charge in [-0.3, -0.25) is 4.98 Å². The normalized spacial score (nSPS) is 17.2. The molecule has 0 bridgehead atoms. The van der Waals surface area contributed by atoms with E-state index in [0.717, 1.165) is 42.3 Å². The molecule has 0 spiro atoms. The van der Waals surface area contributed by atoms with Gasteiger partial charge in [-0.15, -0.1) is 0 Å². The van der Waals surface area contributed by atoms with Crippen LogP contribution in [-0.2, 0) is 16.1 Å². The van der Waals surface area contributed by atoms with Gasteiger partial charge in [-0.25, -0.2) is 14.8 Å². The maximum Gasteiger partial charge on any atom is 0.329 e. The first-order chi connectivity index (χ1) is 12.8. The number of piperidine rings is 1. The van der Waals surface area contributed by atoms with Gasteiger partial charge in [0.15, 0.2) is 0 Å². The molecule has 0 N–H and O–H groups in total. The highest BCUT2D eigenvalue weighted by Crippen LogP contribution is 2.23. The zero-order valence-electron chi connectivity index (χ0n) is 14.4. The summed E-state index contributed by atoms with van der Waals surface area (Å²) in [5, 5.41) is 1.04. The summed E-state index contributed by atoms with van der Waals surface area (Å²) in [5.41, 5.74) is 1.78. The van der Waals surface area contributed by atoms with Crippen LogP contribution < -0.4 is 4.90 Å². The smallest absolute Gasteiger partial charge is 0.329 e. The summed E-state index contributed by atoms with van der Waals surface area (Å²) in [6, 6.07) is 11.2. The minimum absolute atomic E-state index is 0.215. The van der Waals surface area contributed by atoms with Crippen LogP contribution in [0.4, 0.5) is 5.95 Å². The highest BCUT2D eigenvalue weighted by molar-refractivity contribution is 5.82. The van der Waals surface area contributed by atoms with Crippen molar-refractivity contribution in [1.29, 1.82) is 0 Å². The third-order valence-electron chi connectivity index (χ3n) is 4.67. The predicted octanol–water partition coefficient (Wildman–Crippen LogP) is 3.13. The lowest BCUT2D eigenvalue weighted by Gasteiger charge is -2.33. The maximum absolute atomic E-state index is 12.8. The van der Waals surface area contributed by atoms with Crippen LogP contribution >= 0.6 is 0 Å². The van der Waals surface area contributed by atoms with Crippen LogP contribution in [0.1, 0.15) is 24.8 Å². The Hall–Kier alpha value is -3.02. The van der Waals surface area contributed by atoms with Gasteiger partial charge in [-0.05, 0) is 31.4 Å². The Labute approximate surface area is 151 Å². The van der Waals surface area contributed by atoms with Crippen LogP contribution in [0.3, 0.4) is 0 Å². The SMILES string of the molecule is O=C(OCc1cccc2cccnc12)[C@H]1CCCCN1c1ncccn1. The molecule has 4 rings (SSSR count). The number of carbonyl (C=O) groups is 1. The van der Waals surface area contributed by atoms with E-state index in [-0.39, 0.29) is 18.6 Å².